The number of esters is 3. The van der Waals surface area contributed by atoms with Crippen LogP contribution in [0.2, 0.25) is 0 Å². The van der Waals surface area contributed by atoms with E-state index in [4.69, 9.17) is 20.1 Å². The Morgan fingerprint density at radius 1 is 0.660 bits per heavy atom. The van der Waals surface area contributed by atoms with E-state index in [1.807, 2.05) is 0 Å². The predicted octanol–water partition coefficient (Wildman–Crippen LogP) is -0.334. The molecule has 0 aromatic rings. The van der Waals surface area contributed by atoms with Crippen molar-refractivity contribution in [2.24, 2.45) is 9.98 Å². The van der Waals surface area contributed by atoms with Gasteiger partial charge in [-0.3, -0.25) is 0 Å². The lowest BCUT2D eigenvalue weighted by Gasteiger charge is -2.17. The molecule has 262 valence electrons. The van der Waals surface area contributed by atoms with Crippen LogP contribution in [0.5, 0.6) is 0 Å². The van der Waals surface area contributed by atoms with Crippen LogP contribution >= 0.6 is 0 Å². The maximum absolute atomic E-state index is 11.9. The van der Waals surface area contributed by atoms with Gasteiger partial charge in [0.1, 0.15) is 19.3 Å². The summed E-state index contributed by atoms with van der Waals surface area (Å²) in [7, 11) is 3.66. The number of ether oxygens (including phenoxy) is 5. The molecule has 0 aliphatic heterocycles. The quantitative estimate of drug-likeness (QED) is 0.0393. The van der Waals surface area contributed by atoms with E-state index in [1.165, 1.54) is 39.7 Å². The number of urea groups is 1. The lowest BCUT2D eigenvalue weighted by Crippen LogP contribution is -2.46. The van der Waals surface area contributed by atoms with E-state index in [1.54, 1.807) is 6.26 Å². The summed E-state index contributed by atoms with van der Waals surface area (Å²) in [6.07, 6.45) is 10.4. The number of rotatable bonds is 21. The van der Waals surface area contributed by atoms with Gasteiger partial charge in [-0.15, -0.1) is 0 Å². The molecule has 0 fully saturated rings. The first-order valence-corrected chi connectivity index (χ1v) is 13.6. The van der Waals surface area contributed by atoms with Gasteiger partial charge in [0.2, 0.25) is 12.2 Å². The largest absolute Gasteiger partial charge is 0.467 e. The van der Waals surface area contributed by atoms with Crippen molar-refractivity contribution in [3.63, 3.8) is 0 Å². The summed E-state index contributed by atoms with van der Waals surface area (Å²) >= 11 is 0. The minimum atomic E-state index is -0.898. The lowest BCUT2D eigenvalue weighted by atomic mass is 10.1. The number of unbranched alkanes of at least 4 members (excludes halogenated alkanes) is 3. The molecule has 0 rings (SSSR count). The number of carbonyl (C=O) groups excluding carboxylic acids is 8. The lowest BCUT2D eigenvalue weighted by molar-refractivity contribution is -0.191. The topological polar surface area (TPSA) is 311 Å². The molecule has 0 spiro atoms. The van der Waals surface area contributed by atoms with E-state index in [0.29, 0.717) is 70.9 Å². The minimum Gasteiger partial charge on any atom is -0.467 e. The second-order valence-corrected chi connectivity index (χ2v) is 8.44. The molecular weight excluding hydrogens is 632 g/mol. The van der Waals surface area contributed by atoms with Crippen molar-refractivity contribution in [3.05, 3.63) is 0 Å². The number of methoxy groups -OCH3 is 3. The Morgan fingerprint density at radius 2 is 1.06 bits per heavy atom. The maximum Gasteiger partial charge on any atom is 0.373 e. The van der Waals surface area contributed by atoms with Gasteiger partial charge in [-0.25, -0.2) is 28.8 Å². The van der Waals surface area contributed by atoms with Crippen LogP contribution in [0.25, 0.3) is 0 Å². The Morgan fingerprint density at radius 3 is 1.45 bits per heavy atom. The predicted molar refractivity (Wildman–Crippen MR) is 153 cm³/mol. The highest BCUT2D eigenvalue weighted by molar-refractivity contribution is 5.83. The van der Waals surface area contributed by atoms with Crippen molar-refractivity contribution in [3.8, 4) is 12.5 Å². The minimum absolute atomic E-state index is 0. The van der Waals surface area contributed by atoms with Gasteiger partial charge >= 0.3 is 30.1 Å². The fraction of sp³-hybridized carbons (Fsp3) is 0.667. The smallest absolute Gasteiger partial charge is 0.373 e. The maximum atomic E-state index is 11.9. The molecule has 0 aromatic heterocycles. The van der Waals surface area contributed by atoms with Crippen molar-refractivity contribution in [1.82, 2.24) is 10.6 Å². The van der Waals surface area contributed by atoms with Gasteiger partial charge in [-0.2, -0.15) is 30.1 Å². The van der Waals surface area contributed by atoms with E-state index in [-0.39, 0.29) is 18.2 Å². The van der Waals surface area contributed by atoms with Crippen molar-refractivity contribution in [2.75, 3.05) is 41.1 Å². The van der Waals surface area contributed by atoms with Crippen molar-refractivity contribution in [1.29, 1.82) is 10.5 Å². The fourth-order valence-electron chi connectivity index (χ4n) is 3.26. The van der Waals surface area contributed by atoms with Gasteiger partial charge in [0.05, 0.1) is 21.3 Å². The second-order valence-electron chi connectivity index (χ2n) is 8.44. The van der Waals surface area contributed by atoms with Gasteiger partial charge in [-0.05, 0) is 57.8 Å². The molecule has 0 bridgehead atoms. The number of hydrogen-bond donors (Lipinski definition) is 2. The molecule has 0 heterocycles. The average molecular weight is 673 g/mol. The summed E-state index contributed by atoms with van der Waals surface area (Å²) < 4.78 is 22.6. The zero-order chi connectivity index (χ0) is 35.4. The summed E-state index contributed by atoms with van der Waals surface area (Å²) in [5.74, 6) is -1.74. The van der Waals surface area contributed by atoms with Crippen LogP contribution < -0.4 is 10.6 Å². The molecule has 3 unspecified atom stereocenters. The fourth-order valence-corrected chi connectivity index (χ4v) is 3.26. The van der Waals surface area contributed by atoms with Crippen LogP contribution in [-0.2, 0) is 57.2 Å². The highest BCUT2D eigenvalue weighted by Crippen LogP contribution is 2.07. The second kappa shape index (κ2) is 36.6. The summed E-state index contributed by atoms with van der Waals surface area (Å²) in [5.41, 5.74) is 0. The highest BCUT2D eigenvalue weighted by Gasteiger charge is 2.21. The number of aliphatic imine (C=N–C) groups is 2. The molecular formula is C27H40N6O14. The third-order valence-electron chi connectivity index (χ3n) is 5.44. The van der Waals surface area contributed by atoms with Crippen LogP contribution in [0, 0.1) is 23.0 Å². The SMILES string of the molecule is COC(=O)C(CCCCNC(=O)NC(CCCCOC#N)C(=O)OC)N=C=O.COC(=O)C(CCCCOC#N)N=C=O.O.O=C=O. The molecule has 4 N–H and O–H groups in total. The number of amides is 2. The van der Waals surface area contributed by atoms with Gasteiger partial charge in [0.15, 0.2) is 12.1 Å². The molecule has 3 atom stereocenters. The molecule has 2 amide bonds. The number of carbonyl (C=O) groups is 4. The van der Waals surface area contributed by atoms with E-state index in [0.717, 1.165) is 0 Å². The third kappa shape index (κ3) is 30.2. The summed E-state index contributed by atoms with van der Waals surface area (Å²) in [6, 6.07) is -3.03. The number of nitrogens with zero attached hydrogens (tertiary/aromatic N) is 4. The summed E-state index contributed by atoms with van der Waals surface area (Å²) in [4.78, 5) is 89.4. The first kappa shape index (κ1) is 48.3. The molecule has 0 saturated carbocycles. The van der Waals surface area contributed by atoms with Gasteiger partial charge in [-0.1, -0.05) is 0 Å². The van der Waals surface area contributed by atoms with Crippen molar-refractivity contribution in [2.45, 2.75) is 75.9 Å². The zero-order valence-corrected chi connectivity index (χ0v) is 26.3. The standard InChI is InChI=1S/C17H26N4O7.C9H12N2O4.CO2.H2O/c1-26-15(23)13(20-12-22)7-3-5-9-19-17(25)21-14(16(24)27-2)8-4-6-10-28-11-18;1-14-9(13)8(11-7-12)4-2-3-5-15-6-10;2-1-3;/h13-14H,3-10H2,1-2H3,(H2,19,21,25);8H,2-5H2,1H3;;1H2. The first-order chi connectivity index (χ1) is 22.2. The number of nitrogens with one attached hydrogen (secondary N) is 2. The van der Waals surface area contributed by atoms with Crippen molar-refractivity contribution >= 4 is 42.3 Å². The molecule has 0 saturated heterocycles. The average Bonchev–Trinajstić information content (AvgIpc) is 3.05. The Balaban J connectivity index is -0.000000409. The van der Waals surface area contributed by atoms with Gasteiger partial charge < -0.3 is 39.8 Å². The molecule has 47 heavy (non-hydrogen) atoms. The molecule has 0 aliphatic rings. The van der Waals surface area contributed by atoms with Gasteiger partial charge in [0, 0.05) is 6.54 Å². The first-order valence-electron chi connectivity index (χ1n) is 13.6. The molecule has 0 aliphatic carbocycles. The number of isocyanates is 2. The number of nitriles is 2. The van der Waals surface area contributed by atoms with Crippen LogP contribution in [0.4, 0.5) is 4.79 Å². The van der Waals surface area contributed by atoms with Crippen LogP contribution in [0.1, 0.15) is 57.8 Å². The van der Waals surface area contributed by atoms with Gasteiger partial charge in [0.25, 0.3) is 12.5 Å². The zero-order valence-electron chi connectivity index (χ0n) is 26.3. The molecule has 0 radical (unpaired) electrons. The van der Waals surface area contributed by atoms with Crippen molar-refractivity contribution < 1.29 is 67.5 Å². The Kier molecular flexibility index (Phi) is 37.5. The van der Waals surface area contributed by atoms with E-state index in [2.05, 4.69) is 44.3 Å². The Hall–Kier alpha value is -5.64. The summed E-state index contributed by atoms with van der Waals surface area (Å²) in [5, 5.41) is 21.5. The van der Waals surface area contributed by atoms with E-state index >= 15 is 0 Å². The monoisotopic (exact) mass is 672 g/mol. The van der Waals surface area contributed by atoms with Crippen LogP contribution in [0.3, 0.4) is 0 Å². The molecule has 20 nitrogen and oxygen atoms in total. The highest BCUT2D eigenvalue weighted by atomic mass is 16.5. The Labute approximate surface area is 270 Å². The normalized spacial score (nSPS) is 10.6. The van der Waals surface area contributed by atoms with Crippen LogP contribution in [0.15, 0.2) is 9.98 Å². The molecule has 20 heteroatoms. The van der Waals surface area contributed by atoms with Crippen LogP contribution in [-0.4, -0.2) is 107 Å². The third-order valence-corrected chi connectivity index (χ3v) is 5.44. The Bertz CT molecular complexity index is 1100. The van der Waals surface area contributed by atoms with E-state index < -0.39 is 42.1 Å². The number of hydrogen-bond acceptors (Lipinski definition) is 17. The summed E-state index contributed by atoms with van der Waals surface area (Å²) in [6.45, 7) is 0.848. The molecule has 0 aromatic carbocycles. The van der Waals surface area contributed by atoms with E-state index in [9.17, 15) is 28.8 Å².